The van der Waals surface area contributed by atoms with Crippen LogP contribution in [0.3, 0.4) is 0 Å². The van der Waals surface area contributed by atoms with Gasteiger partial charge in [-0.1, -0.05) is 105 Å². The van der Waals surface area contributed by atoms with Crippen molar-refractivity contribution in [1.29, 1.82) is 0 Å². The number of esters is 1. The van der Waals surface area contributed by atoms with Crippen LogP contribution < -0.4 is 14.9 Å². The van der Waals surface area contributed by atoms with Crippen molar-refractivity contribution >= 4 is 23.4 Å². The molecule has 7 heteroatoms. The number of aryl methyl sites for hydroxylation is 1. The second-order valence-corrected chi connectivity index (χ2v) is 13.3. The Hall–Kier alpha value is -4.75. The van der Waals surface area contributed by atoms with Gasteiger partial charge in [0.25, 0.3) is 5.56 Å². The summed E-state index contributed by atoms with van der Waals surface area (Å²) < 4.78 is 10.0. The van der Waals surface area contributed by atoms with Crippen LogP contribution in [0.15, 0.2) is 106 Å². The summed E-state index contributed by atoms with van der Waals surface area (Å²) in [6.07, 6.45) is 3.39. The van der Waals surface area contributed by atoms with Gasteiger partial charge in [-0.05, 0) is 85.2 Å². The number of thiazole rings is 1. The average molecular weight is 644 g/mol. The highest BCUT2D eigenvalue weighted by molar-refractivity contribution is 7.07. The zero-order chi connectivity index (χ0) is 33.2. The maximum Gasteiger partial charge on any atom is 0.338 e. The van der Waals surface area contributed by atoms with E-state index in [9.17, 15) is 9.59 Å². The van der Waals surface area contributed by atoms with Crippen LogP contribution in [0.25, 0.3) is 22.9 Å². The molecular formula is C40H41N3O3S. The lowest BCUT2D eigenvalue weighted by Gasteiger charge is -2.26. The van der Waals surface area contributed by atoms with Crippen LogP contribution in [0.5, 0.6) is 0 Å². The average Bonchev–Trinajstić information content (AvgIpc) is 3.54. The standard InChI is InChI=1S/C40H41N3O3S/c1-7-12-34-36(39(45)46-8-2)37(31-17-15-28(16-18-31)25(3)4)43-38(44)35(47-40(43)41-34)24-32-23-26(5)42(27(32)6)33-21-19-30(20-22-33)29-13-10-9-11-14-29/h9-11,13-25,37H,7-8,12H2,1-6H3/b35-24-/t37-/m1/s1. The van der Waals surface area contributed by atoms with Crippen molar-refractivity contribution in [3.63, 3.8) is 0 Å². The molecule has 0 spiro atoms. The van der Waals surface area contributed by atoms with Crippen molar-refractivity contribution in [1.82, 2.24) is 9.13 Å². The van der Waals surface area contributed by atoms with Crippen LogP contribution in [-0.2, 0) is 9.53 Å². The molecule has 0 bridgehead atoms. The van der Waals surface area contributed by atoms with Crippen molar-refractivity contribution in [3.8, 4) is 16.8 Å². The Morgan fingerprint density at radius 1 is 0.957 bits per heavy atom. The lowest BCUT2D eigenvalue weighted by molar-refractivity contribution is -0.139. The third-order valence-corrected chi connectivity index (χ3v) is 9.78. The molecule has 1 atom stereocenters. The summed E-state index contributed by atoms with van der Waals surface area (Å²) in [6, 6.07) is 28.6. The summed E-state index contributed by atoms with van der Waals surface area (Å²) in [5.41, 5.74) is 9.52. The van der Waals surface area contributed by atoms with Gasteiger partial charge in [0.2, 0.25) is 0 Å². The fourth-order valence-electron chi connectivity index (χ4n) is 6.41. The Morgan fingerprint density at radius 3 is 2.28 bits per heavy atom. The van der Waals surface area contributed by atoms with E-state index in [2.05, 4.69) is 93.8 Å². The molecule has 0 N–H and O–H groups in total. The highest BCUT2D eigenvalue weighted by Crippen LogP contribution is 2.33. The third-order valence-electron chi connectivity index (χ3n) is 8.80. The van der Waals surface area contributed by atoms with Crippen LogP contribution in [0.4, 0.5) is 0 Å². The molecule has 6 rings (SSSR count). The first kappa shape index (κ1) is 32.2. The molecular weight excluding hydrogens is 603 g/mol. The monoisotopic (exact) mass is 643 g/mol. The minimum Gasteiger partial charge on any atom is -0.463 e. The highest BCUT2D eigenvalue weighted by Gasteiger charge is 2.34. The first-order valence-electron chi connectivity index (χ1n) is 16.4. The van der Waals surface area contributed by atoms with Gasteiger partial charge >= 0.3 is 5.97 Å². The molecule has 0 saturated carbocycles. The van der Waals surface area contributed by atoms with Gasteiger partial charge in [-0.15, -0.1) is 0 Å². The summed E-state index contributed by atoms with van der Waals surface area (Å²) in [4.78, 5) is 33.4. The number of nitrogens with zero attached hydrogens (tertiary/aromatic N) is 3. The topological polar surface area (TPSA) is 65.6 Å². The van der Waals surface area contributed by atoms with Crippen LogP contribution in [-0.4, -0.2) is 21.7 Å². The van der Waals surface area contributed by atoms with Gasteiger partial charge in [0.1, 0.15) is 0 Å². The Bertz CT molecular complexity index is 2130. The quantitative estimate of drug-likeness (QED) is 0.154. The van der Waals surface area contributed by atoms with Crippen molar-refractivity contribution in [2.45, 2.75) is 66.3 Å². The predicted molar refractivity (Wildman–Crippen MR) is 191 cm³/mol. The van der Waals surface area contributed by atoms with Gasteiger partial charge in [-0.2, -0.15) is 0 Å². The molecule has 0 amide bonds. The predicted octanol–water partition coefficient (Wildman–Crippen LogP) is 7.78. The summed E-state index contributed by atoms with van der Waals surface area (Å²) in [5.74, 6) is -0.0590. The molecule has 0 saturated heterocycles. The van der Waals surface area contributed by atoms with Gasteiger partial charge in [-0.3, -0.25) is 9.36 Å². The number of aromatic nitrogens is 2. The van der Waals surface area contributed by atoms with E-state index in [4.69, 9.17) is 9.73 Å². The van der Waals surface area contributed by atoms with E-state index in [0.29, 0.717) is 32.9 Å². The lowest BCUT2D eigenvalue weighted by Crippen LogP contribution is -2.40. The fourth-order valence-corrected chi connectivity index (χ4v) is 7.42. The number of carbonyl (C=O) groups excluding carboxylic acids is 1. The van der Waals surface area contributed by atoms with Crippen LogP contribution in [0, 0.1) is 13.8 Å². The Kier molecular flexibility index (Phi) is 9.28. The maximum atomic E-state index is 14.3. The summed E-state index contributed by atoms with van der Waals surface area (Å²) in [5, 5.41) is 0. The number of rotatable bonds is 9. The SMILES string of the molecule is CCCC1=C(C(=O)OCC)[C@@H](c2ccc(C(C)C)cc2)n2c(s/c(=C\c3cc(C)n(-c4ccc(-c5ccccc5)cc4)c3C)c2=O)=N1. The number of hydrogen-bond acceptors (Lipinski definition) is 5. The Balaban J connectivity index is 1.47. The molecule has 3 aromatic carbocycles. The minimum atomic E-state index is -0.620. The molecule has 3 heterocycles. The summed E-state index contributed by atoms with van der Waals surface area (Å²) >= 11 is 1.37. The normalized spacial score (nSPS) is 14.8. The number of fused-ring (bicyclic) bond motifs is 1. The molecule has 0 radical (unpaired) electrons. The van der Waals surface area contributed by atoms with Crippen molar-refractivity contribution in [2.75, 3.05) is 6.61 Å². The van der Waals surface area contributed by atoms with E-state index in [-0.39, 0.29) is 12.2 Å². The molecule has 1 aliphatic rings. The Labute approximate surface area is 280 Å². The van der Waals surface area contributed by atoms with Gasteiger partial charge < -0.3 is 9.30 Å². The van der Waals surface area contributed by atoms with Gasteiger partial charge in [0.05, 0.1) is 28.5 Å². The van der Waals surface area contributed by atoms with E-state index in [0.717, 1.165) is 40.2 Å². The van der Waals surface area contributed by atoms with Crippen molar-refractivity contribution in [2.24, 2.45) is 4.99 Å². The van der Waals surface area contributed by atoms with Crippen molar-refractivity contribution in [3.05, 3.63) is 144 Å². The van der Waals surface area contributed by atoms with E-state index in [1.165, 1.54) is 22.5 Å². The van der Waals surface area contributed by atoms with E-state index in [1.54, 1.807) is 11.5 Å². The van der Waals surface area contributed by atoms with Gasteiger partial charge in [0, 0.05) is 17.1 Å². The zero-order valence-corrected chi connectivity index (χ0v) is 28.7. The number of hydrogen-bond donors (Lipinski definition) is 0. The van der Waals surface area contributed by atoms with Gasteiger partial charge in [-0.25, -0.2) is 9.79 Å². The number of ether oxygens (including phenoxy) is 1. The second-order valence-electron chi connectivity index (χ2n) is 12.3. The molecule has 0 unspecified atom stereocenters. The number of benzene rings is 3. The van der Waals surface area contributed by atoms with Crippen LogP contribution >= 0.6 is 11.3 Å². The zero-order valence-electron chi connectivity index (χ0n) is 27.9. The van der Waals surface area contributed by atoms with Crippen LogP contribution in [0.2, 0.25) is 0 Å². The van der Waals surface area contributed by atoms with Crippen molar-refractivity contribution < 1.29 is 9.53 Å². The molecule has 1 aliphatic heterocycles. The maximum absolute atomic E-state index is 14.3. The van der Waals surface area contributed by atoms with E-state index < -0.39 is 12.0 Å². The summed E-state index contributed by atoms with van der Waals surface area (Å²) in [7, 11) is 0. The molecule has 2 aromatic heterocycles. The molecule has 0 fully saturated rings. The largest absolute Gasteiger partial charge is 0.463 e. The first-order valence-corrected chi connectivity index (χ1v) is 17.2. The second kappa shape index (κ2) is 13.5. The number of allylic oxidation sites excluding steroid dienone is 1. The molecule has 0 aliphatic carbocycles. The van der Waals surface area contributed by atoms with E-state index >= 15 is 0 Å². The van der Waals surface area contributed by atoms with Gasteiger partial charge in [0.15, 0.2) is 4.80 Å². The Morgan fingerprint density at radius 2 is 1.64 bits per heavy atom. The first-order chi connectivity index (χ1) is 22.7. The smallest absolute Gasteiger partial charge is 0.338 e. The van der Waals surface area contributed by atoms with E-state index in [1.807, 2.05) is 36.4 Å². The third kappa shape index (κ3) is 6.20. The van der Waals surface area contributed by atoms with Crippen LogP contribution in [0.1, 0.15) is 80.6 Å². The molecule has 5 aromatic rings. The molecule has 240 valence electrons. The fraction of sp³-hybridized carbons (Fsp3) is 0.275. The summed E-state index contributed by atoms with van der Waals surface area (Å²) in [6.45, 7) is 12.6. The highest BCUT2D eigenvalue weighted by atomic mass is 32.1. The number of carbonyl (C=O) groups is 1. The minimum absolute atomic E-state index is 0.166. The molecule has 47 heavy (non-hydrogen) atoms. The lowest BCUT2D eigenvalue weighted by atomic mass is 9.92. The molecule has 6 nitrogen and oxygen atoms in total.